The van der Waals surface area contributed by atoms with E-state index in [2.05, 4.69) is 0 Å². The van der Waals surface area contributed by atoms with Crippen LogP contribution in [0, 0.1) is 0 Å². The molecule has 4 aromatic rings. The zero-order chi connectivity index (χ0) is 24.9. The molecule has 184 valence electrons. The van der Waals surface area contributed by atoms with Crippen LogP contribution in [0.3, 0.4) is 0 Å². The number of amides is 1. The monoisotopic (exact) mass is 491 g/mol. The summed E-state index contributed by atoms with van der Waals surface area (Å²) >= 11 is 0. The smallest absolute Gasteiger partial charge is 0.240 e. The Kier molecular flexibility index (Phi) is 5.06. The fourth-order valence-corrected chi connectivity index (χ4v) is 5.72. The molecule has 0 spiro atoms. The van der Waals surface area contributed by atoms with Gasteiger partial charge in [0.1, 0.15) is 24.7 Å². The average molecular weight is 492 g/mol. The van der Waals surface area contributed by atoms with Gasteiger partial charge in [0.05, 0.1) is 24.3 Å². The van der Waals surface area contributed by atoms with E-state index in [4.69, 9.17) is 14.2 Å². The minimum atomic E-state index is -0.688. The zero-order valence-electron chi connectivity index (χ0n) is 20.1. The van der Waals surface area contributed by atoms with Crippen LogP contribution in [0.2, 0.25) is 0 Å². The lowest BCUT2D eigenvalue weighted by Gasteiger charge is -2.30. The van der Waals surface area contributed by atoms with Gasteiger partial charge in [-0.25, -0.2) is 0 Å². The van der Waals surface area contributed by atoms with E-state index < -0.39 is 5.92 Å². The first-order valence-corrected chi connectivity index (χ1v) is 12.5. The number of phenols is 1. The van der Waals surface area contributed by atoms with E-state index in [1.807, 2.05) is 83.8 Å². The summed E-state index contributed by atoms with van der Waals surface area (Å²) in [6.45, 7) is 1.48. The second kappa shape index (κ2) is 8.59. The fourth-order valence-electron chi connectivity index (χ4n) is 5.72. The molecule has 1 N–H and O–H groups in total. The Labute approximate surface area is 214 Å². The molecule has 37 heavy (non-hydrogen) atoms. The summed E-state index contributed by atoms with van der Waals surface area (Å²) in [6.07, 6.45) is 0.748. The molecule has 0 saturated heterocycles. The highest BCUT2D eigenvalue weighted by Gasteiger charge is 2.45. The second-order valence-corrected chi connectivity index (χ2v) is 9.54. The minimum absolute atomic E-state index is 0.0534. The molecule has 1 unspecified atom stereocenters. The van der Waals surface area contributed by atoms with Gasteiger partial charge in [0.2, 0.25) is 5.91 Å². The van der Waals surface area contributed by atoms with Crippen LogP contribution in [0.15, 0.2) is 84.9 Å². The standard InChI is InChI=1S/C31H25NO5/c33-25-18-26-21(11-12-35-26)15-23(25)29-22-16-27-28(37-14-13-36-27)17-24(22)32(31(29)34)30(19-7-3-1-4-8-19)20-9-5-2-6-10-20/h1-10,15-18,29-30,33H,11-14H2. The first kappa shape index (κ1) is 21.8. The quantitative estimate of drug-likeness (QED) is 0.416. The number of carbonyl (C=O) groups is 1. The van der Waals surface area contributed by atoms with E-state index in [9.17, 15) is 9.90 Å². The Hall–Kier alpha value is -4.45. The normalized spacial score (nSPS) is 17.5. The van der Waals surface area contributed by atoms with Crippen molar-refractivity contribution in [2.75, 3.05) is 24.7 Å². The fraction of sp³-hybridized carbons (Fsp3) is 0.194. The molecule has 3 aliphatic heterocycles. The van der Waals surface area contributed by atoms with Gasteiger partial charge in [-0.1, -0.05) is 60.7 Å². The van der Waals surface area contributed by atoms with Gasteiger partial charge in [-0.15, -0.1) is 0 Å². The molecule has 6 heteroatoms. The number of phenolic OH excluding ortho intramolecular Hbond substituents is 1. The van der Waals surface area contributed by atoms with Crippen LogP contribution >= 0.6 is 0 Å². The summed E-state index contributed by atoms with van der Waals surface area (Å²) in [6, 6.07) is 27.1. The largest absolute Gasteiger partial charge is 0.507 e. The summed E-state index contributed by atoms with van der Waals surface area (Å²) < 4.78 is 17.5. The van der Waals surface area contributed by atoms with Crippen molar-refractivity contribution in [2.45, 2.75) is 18.4 Å². The zero-order valence-corrected chi connectivity index (χ0v) is 20.1. The summed E-state index contributed by atoms with van der Waals surface area (Å²) in [5.74, 6) is 1.17. The van der Waals surface area contributed by atoms with Gasteiger partial charge >= 0.3 is 0 Å². The van der Waals surface area contributed by atoms with E-state index in [0.29, 0.717) is 42.6 Å². The van der Waals surface area contributed by atoms with Crippen LogP contribution in [0.1, 0.15) is 39.8 Å². The Balaban J connectivity index is 1.45. The molecule has 1 atom stereocenters. The molecule has 0 fully saturated rings. The highest BCUT2D eigenvalue weighted by Crippen LogP contribution is 2.52. The average Bonchev–Trinajstić information content (AvgIpc) is 3.49. The van der Waals surface area contributed by atoms with Crippen LogP contribution in [0.4, 0.5) is 5.69 Å². The van der Waals surface area contributed by atoms with Crippen LogP contribution in [-0.4, -0.2) is 30.8 Å². The maximum Gasteiger partial charge on any atom is 0.240 e. The molecular formula is C31H25NO5. The van der Waals surface area contributed by atoms with Crippen molar-refractivity contribution in [3.05, 3.63) is 113 Å². The molecule has 0 radical (unpaired) electrons. The highest BCUT2D eigenvalue weighted by molar-refractivity contribution is 6.09. The van der Waals surface area contributed by atoms with E-state index in [-0.39, 0.29) is 17.7 Å². The van der Waals surface area contributed by atoms with Crippen molar-refractivity contribution in [2.24, 2.45) is 0 Å². The summed E-state index contributed by atoms with van der Waals surface area (Å²) in [5.41, 5.74) is 5.12. The van der Waals surface area contributed by atoms with Crippen molar-refractivity contribution >= 4 is 11.6 Å². The lowest BCUT2D eigenvalue weighted by molar-refractivity contribution is -0.118. The summed E-state index contributed by atoms with van der Waals surface area (Å²) in [4.78, 5) is 16.4. The third-order valence-electron chi connectivity index (χ3n) is 7.39. The SMILES string of the molecule is O=C1C(c2cc3c(cc2O)OCC3)c2cc3c(cc2N1C(c1ccccc1)c1ccccc1)OCCO3. The van der Waals surface area contributed by atoms with Crippen LogP contribution < -0.4 is 19.1 Å². The first-order chi connectivity index (χ1) is 18.2. The predicted octanol–water partition coefficient (Wildman–Crippen LogP) is 5.37. The summed E-state index contributed by atoms with van der Waals surface area (Å²) in [7, 11) is 0. The van der Waals surface area contributed by atoms with Gasteiger partial charge in [-0.3, -0.25) is 9.69 Å². The molecule has 7 rings (SSSR count). The van der Waals surface area contributed by atoms with Crippen molar-refractivity contribution in [3.63, 3.8) is 0 Å². The van der Waals surface area contributed by atoms with E-state index in [0.717, 1.165) is 34.4 Å². The van der Waals surface area contributed by atoms with Crippen LogP contribution in [0.25, 0.3) is 0 Å². The molecule has 0 saturated carbocycles. The maximum absolute atomic E-state index is 14.5. The Morgan fingerprint density at radius 3 is 2.03 bits per heavy atom. The topological polar surface area (TPSA) is 68.2 Å². The van der Waals surface area contributed by atoms with Crippen molar-refractivity contribution in [1.29, 1.82) is 0 Å². The Bertz CT molecular complexity index is 1460. The van der Waals surface area contributed by atoms with E-state index in [1.54, 1.807) is 6.07 Å². The van der Waals surface area contributed by atoms with Gasteiger partial charge in [0.15, 0.2) is 11.5 Å². The van der Waals surface area contributed by atoms with Gasteiger partial charge in [-0.2, -0.15) is 0 Å². The van der Waals surface area contributed by atoms with E-state index in [1.165, 1.54) is 0 Å². The first-order valence-electron chi connectivity index (χ1n) is 12.5. The minimum Gasteiger partial charge on any atom is -0.507 e. The molecule has 0 aromatic heterocycles. The number of benzene rings is 4. The molecular weight excluding hydrogens is 466 g/mol. The number of hydrogen-bond donors (Lipinski definition) is 1. The number of hydrogen-bond acceptors (Lipinski definition) is 5. The van der Waals surface area contributed by atoms with Crippen LogP contribution in [0.5, 0.6) is 23.0 Å². The number of ether oxygens (including phenoxy) is 3. The molecule has 0 aliphatic carbocycles. The molecule has 1 amide bonds. The molecule has 3 heterocycles. The number of carbonyl (C=O) groups excluding carboxylic acids is 1. The third kappa shape index (κ3) is 3.51. The number of anilines is 1. The van der Waals surface area contributed by atoms with E-state index >= 15 is 0 Å². The number of fused-ring (bicyclic) bond motifs is 3. The Morgan fingerprint density at radius 2 is 1.35 bits per heavy atom. The van der Waals surface area contributed by atoms with Crippen LogP contribution in [-0.2, 0) is 11.2 Å². The Morgan fingerprint density at radius 1 is 0.730 bits per heavy atom. The molecule has 0 bridgehead atoms. The van der Waals surface area contributed by atoms with Gasteiger partial charge in [0.25, 0.3) is 0 Å². The molecule has 3 aliphatic rings. The number of rotatable bonds is 4. The molecule has 6 nitrogen and oxygen atoms in total. The molecule has 4 aromatic carbocycles. The van der Waals surface area contributed by atoms with Crippen molar-refractivity contribution in [1.82, 2.24) is 0 Å². The van der Waals surface area contributed by atoms with Gasteiger partial charge in [-0.05, 0) is 34.4 Å². The highest BCUT2D eigenvalue weighted by atomic mass is 16.6. The maximum atomic E-state index is 14.5. The predicted molar refractivity (Wildman–Crippen MR) is 139 cm³/mol. The summed E-state index contributed by atoms with van der Waals surface area (Å²) in [5, 5.41) is 11.1. The van der Waals surface area contributed by atoms with Crippen molar-refractivity contribution < 1.29 is 24.1 Å². The lowest BCUT2D eigenvalue weighted by Crippen LogP contribution is -2.34. The van der Waals surface area contributed by atoms with Gasteiger partial charge < -0.3 is 19.3 Å². The number of aromatic hydroxyl groups is 1. The second-order valence-electron chi connectivity index (χ2n) is 9.54. The van der Waals surface area contributed by atoms with Crippen molar-refractivity contribution in [3.8, 4) is 23.0 Å². The third-order valence-corrected chi connectivity index (χ3v) is 7.39. The van der Waals surface area contributed by atoms with Gasteiger partial charge in [0, 0.05) is 24.1 Å². The lowest BCUT2D eigenvalue weighted by atomic mass is 9.90. The number of nitrogens with zero attached hydrogens (tertiary/aromatic N) is 1.